The van der Waals surface area contributed by atoms with E-state index < -0.39 is 28.5 Å². The number of amides is 2. The fourth-order valence-corrected chi connectivity index (χ4v) is 4.58. The van der Waals surface area contributed by atoms with Crippen LogP contribution in [0, 0.1) is 0 Å². The van der Waals surface area contributed by atoms with Crippen LogP contribution in [0.4, 0.5) is 5.69 Å². The first-order valence-electron chi connectivity index (χ1n) is 11.0. The van der Waals surface area contributed by atoms with Crippen LogP contribution < -0.4 is 14.4 Å². The van der Waals surface area contributed by atoms with Gasteiger partial charge in [0, 0.05) is 17.6 Å². The molecule has 0 unspecified atom stereocenters. The number of hydrogen-bond acceptors (Lipinski definition) is 5. The smallest absolute Gasteiger partial charge is 0.244 e. The largest absolute Gasteiger partial charge is 0.497 e. The molecule has 0 fully saturated rings. The number of nitrogens with one attached hydrogen (secondary N) is 1. The number of carbonyl (C=O) groups excluding carboxylic acids is 2. The molecule has 2 aromatic carbocycles. The van der Waals surface area contributed by atoms with Crippen molar-refractivity contribution in [2.24, 2.45) is 0 Å². The Hall–Kier alpha value is -2.49. The number of methoxy groups -OCH3 is 1. The number of carbonyl (C=O) groups is 2. The van der Waals surface area contributed by atoms with E-state index in [9.17, 15) is 18.0 Å². The fraction of sp³-hybridized carbons (Fsp3) is 0.417. The highest BCUT2D eigenvalue weighted by molar-refractivity contribution is 7.92. The van der Waals surface area contributed by atoms with Gasteiger partial charge in [-0.05, 0) is 56.2 Å². The Bertz CT molecular complexity index is 1160. The van der Waals surface area contributed by atoms with Gasteiger partial charge in [-0.15, -0.1) is 0 Å². The number of sulfonamides is 1. The van der Waals surface area contributed by atoms with Crippen LogP contribution in [0.15, 0.2) is 42.5 Å². The summed E-state index contributed by atoms with van der Waals surface area (Å²) in [5, 5.41) is 3.26. The fourth-order valence-electron chi connectivity index (χ4n) is 3.29. The van der Waals surface area contributed by atoms with Crippen LogP contribution in [0.5, 0.6) is 5.75 Å². The van der Waals surface area contributed by atoms with Crippen molar-refractivity contribution in [1.29, 1.82) is 0 Å². The number of hydrogen-bond donors (Lipinski definition) is 1. The summed E-state index contributed by atoms with van der Waals surface area (Å²) in [7, 11) is -2.39. The van der Waals surface area contributed by atoms with E-state index in [1.54, 1.807) is 31.2 Å². The molecular weight excluding hydrogens is 513 g/mol. The van der Waals surface area contributed by atoms with E-state index in [1.807, 2.05) is 13.8 Å². The second kappa shape index (κ2) is 12.5. The van der Waals surface area contributed by atoms with Crippen molar-refractivity contribution >= 4 is 50.7 Å². The van der Waals surface area contributed by atoms with Gasteiger partial charge in [-0.25, -0.2) is 8.42 Å². The summed E-state index contributed by atoms with van der Waals surface area (Å²) in [5.41, 5.74) is 0.792. The molecule has 8 nitrogen and oxygen atoms in total. The Labute approximate surface area is 217 Å². The second-order valence-electron chi connectivity index (χ2n) is 8.23. The molecule has 11 heteroatoms. The monoisotopic (exact) mass is 543 g/mol. The Morgan fingerprint density at radius 1 is 1.11 bits per heavy atom. The summed E-state index contributed by atoms with van der Waals surface area (Å²) >= 11 is 12.3. The van der Waals surface area contributed by atoms with Gasteiger partial charge in [0.25, 0.3) is 0 Å². The molecule has 2 aromatic rings. The first-order valence-corrected chi connectivity index (χ1v) is 13.6. The average molecular weight is 545 g/mol. The molecule has 0 spiro atoms. The summed E-state index contributed by atoms with van der Waals surface area (Å²) in [6.45, 7) is 4.90. The average Bonchev–Trinajstić information content (AvgIpc) is 2.81. The maximum absolute atomic E-state index is 13.6. The van der Waals surface area contributed by atoms with E-state index in [2.05, 4.69) is 5.32 Å². The highest BCUT2D eigenvalue weighted by Gasteiger charge is 2.31. The van der Waals surface area contributed by atoms with Gasteiger partial charge in [-0.2, -0.15) is 0 Å². The Balaban J connectivity index is 2.44. The van der Waals surface area contributed by atoms with Gasteiger partial charge in [-0.1, -0.05) is 42.3 Å². The maximum Gasteiger partial charge on any atom is 0.244 e. The summed E-state index contributed by atoms with van der Waals surface area (Å²) < 4.78 is 31.4. The van der Waals surface area contributed by atoms with E-state index in [1.165, 1.54) is 30.2 Å². The first-order chi connectivity index (χ1) is 16.4. The lowest BCUT2D eigenvalue weighted by molar-refractivity contribution is -0.139. The van der Waals surface area contributed by atoms with Crippen molar-refractivity contribution in [3.05, 3.63) is 58.1 Å². The molecule has 2 amide bonds. The van der Waals surface area contributed by atoms with Crippen LogP contribution in [0.25, 0.3) is 0 Å². The van der Waals surface area contributed by atoms with Gasteiger partial charge in [0.15, 0.2) is 0 Å². The minimum atomic E-state index is -3.92. The zero-order chi connectivity index (χ0) is 26.3. The van der Waals surface area contributed by atoms with Gasteiger partial charge in [0.1, 0.15) is 18.3 Å². The summed E-state index contributed by atoms with van der Waals surface area (Å²) in [6, 6.07) is 10.5. The Morgan fingerprint density at radius 2 is 1.80 bits per heavy atom. The highest BCUT2D eigenvalue weighted by Crippen LogP contribution is 2.31. The minimum absolute atomic E-state index is 0.0615. The SMILES string of the molecule is CC[C@@H](C)NC(=O)[C@H](C)N(Cc1cccc(OC)c1)C(=O)CN(c1cc(Cl)ccc1Cl)S(C)(=O)=O. The Morgan fingerprint density at radius 3 is 2.40 bits per heavy atom. The molecule has 0 bridgehead atoms. The predicted molar refractivity (Wildman–Crippen MR) is 140 cm³/mol. The van der Waals surface area contributed by atoms with E-state index in [0.29, 0.717) is 11.3 Å². The zero-order valence-corrected chi connectivity index (χ0v) is 22.7. The van der Waals surface area contributed by atoms with Crippen molar-refractivity contribution < 1.29 is 22.7 Å². The van der Waals surface area contributed by atoms with Crippen molar-refractivity contribution in [3.8, 4) is 5.75 Å². The third-order valence-electron chi connectivity index (χ3n) is 5.51. The molecule has 0 aliphatic carbocycles. The molecule has 192 valence electrons. The van der Waals surface area contributed by atoms with Crippen LogP contribution in [-0.2, 0) is 26.2 Å². The lowest BCUT2D eigenvalue weighted by atomic mass is 10.1. The molecule has 2 rings (SSSR count). The number of rotatable bonds is 11. The van der Waals surface area contributed by atoms with Crippen molar-refractivity contribution in [2.45, 2.75) is 45.8 Å². The van der Waals surface area contributed by atoms with Crippen LogP contribution in [0.1, 0.15) is 32.8 Å². The van der Waals surface area contributed by atoms with Crippen LogP contribution in [0.3, 0.4) is 0 Å². The molecular formula is C24H31Cl2N3O5S. The van der Waals surface area contributed by atoms with E-state index >= 15 is 0 Å². The van der Waals surface area contributed by atoms with Gasteiger partial charge in [0.2, 0.25) is 21.8 Å². The third-order valence-corrected chi connectivity index (χ3v) is 7.19. The lowest BCUT2D eigenvalue weighted by Crippen LogP contribution is -2.52. The third kappa shape index (κ3) is 8.02. The zero-order valence-electron chi connectivity index (χ0n) is 20.4. The molecule has 0 heterocycles. The second-order valence-corrected chi connectivity index (χ2v) is 11.0. The van der Waals surface area contributed by atoms with E-state index in [4.69, 9.17) is 27.9 Å². The van der Waals surface area contributed by atoms with Gasteiger partial charge in [0.05, 0.1) is 24.1 Å². The van der Waals surface area contributed by atoms with E-state index in [0.717, 1.165) is 17.0 Å². The molecule has 0 aliphatic heterocycles. The van der Waals surface area contributed by atoms with Crippen molar-refractivity contribution in [2.75, 3.05) is 24.2 Å². The summed E-state index contributed by atoms with van der Waals surface area (Å²) in [6.07, 6.45) is 1.69. The molecule has 0 saturated carbocycles. The van der Waals surface area contributed by atoms with Crippen molar-refractivity contribution in [3.63, 3.8) is 0 Å². The lowest BCUT2D eigenvalue weighted by Gasteiger charge is -2.32. The summed E-state index contributed by atoms with van der Waals surface area (Å²) in [4.78, 5) is 27.8. The minimum Gasteiger partial charge on any atom is -0.497 e. The topological polar surface area (TPSA) is 96.0 Å². The molecule has 1 N–H and O–H groups in total. The highest BCUT2D eigenvalue weighted by atomic mass is 35.5. The standard InChI is InChI=1S/C24H31Cl2N3O5S/c1-6-16(2)27-24(31)17(3)28(14-18-8-7-9-20(12-18)34-4)23(30)15-29(35(5,32)33)22-13-19(25)10-11-21(22)26/h7-13,16-17H,6,14-15H2,1-5H3,(H,27,31)/t16-,17+/m1/s1. The van der Waals surface area contributed by atoms with Gasteiger partial charge < -0.3 is 15.0 Å². The molecule has 0 aromatic heterocycles. The van der Waals surface area contributed by atoms with Crippen LogP contribution >= 0.6 is 23.2 Å². The number of nitrogens with zero attached hydrogens (tertiary/aromatic N) is 2. The normalized spacial score (nSPS) is 13.0. The molecule has 35 heavy (non-hydrogen) atoms. The van der Waals surface area contributed by atoms with Crippen molar-refractivity contribution in [1.82, 2.24) is 10.2 Å². The van der Waals surface area contributed by atoms with Gasteiger partial charge in [-0.3, -0.25) is 13.9 Å². The number of benzene rings is 2. The maximum atomic E-state index is 13.6. The molecule has 2 atom stereocenters. The predicted octanol–water partition coefficient (Wildman–Crippen LogP) is 4.10. The first kappa shape index (κ1) is 28.7. The number of halogens is 2. The number of ether oxygens (including phenoxy) is 1. The van der Waals surface area contributed by atoms with Gasteiger partial charge >= 0.3 is 0 Å². The molecule has 0 radical (unpaired) electrons. The Kier molecular flexibility index (Phi) is 10.2. The van der Waals surface area contributed by atoms with Crippen LogP contribution in [0.2, 0.25) is 10.0 Å². The number of anilines is 1. The summed E-state index contributed by atoms with van der Waals surface area (Å²) in [5.74, 6) is -0.335. The quantitative estimate of drug-likeness (QED) is 0.460. The molecule has 0 aliphatic rings. The van der Waals surface area contributed by atoms with Crippen LogP contribution in [-0.4, -0.2) is 57.1 Å². The molecule has 0 saturated heterocycles. The van der Waals surface area contributed by atoms with E-state index in [-0.39, 0.29) is 34.2 Å².